The zero-order valence-electron chi connectivity index (χ0n) is 16.5. The van der Waals surface area contributed by atoms with E-state index in [-0.39, 0.29) is 23.7 Å². The number of carbonyl (C=O) groups is 3. The van der Waals surface area contributed by atoms with Crippen LogP contribution in [0.4, 0.5) is 18.9 Å². The van der Waals surface area contributed by atoms with Crippen LogP contribution in [-0.2, 0) is 11.0 Å². The van der Waals surface area contributed by atoms with E-state index in [4.69, 9.17) is 0 Å². The molecule has 156 valence electrons. The number of anilines is 1. The second-order valence-corrected chi connectivity index (χ2v) is 6.59. The molecule has 0 radical (unpaired) electrons. The van der Waals surface area contributed by atoms with Crippen molar-refractivity contribution in [3.63, 3.8) is 0 Å². The quantitative estimate of drug-likeness (QED) is 0.709. The molecule has 0 bridgehead atoms. The summed E-state index contributed by atoms with van der Waals surface area (Å²) in [5.74, 6) is -1.47. The Hall–Kier alpha value is -3.10. The van der Waals surface area contributed by atoms with Gasteiger partial charge in [-0.2, -0.15) is 13.2 Å². The summed E-state index contributed by atoms with van der Waals surface area (Å²) in [6.07, 6.45) is -4.62. The van der Waals surface area contributed by atoms with E-state index in [1.807, 2.05) is 0 Å². The van der Waals surface area contributed by atoms with Gasteiger partial charge in [-0.1, -0.05) is 12.1 Å². The summed E-state index contributed by atoms with van der Waals surface area (Å²) in [6, 6.07) is 4.62. The number of hydrogen-bond donors (Lipinski definition) is 2. The molecule has 0 fully saturated rings. The maximum Gasteiger partial charge on any atom is 0.418 e. The molecule has 0 saturated heterocycles. The van der Waals surface area contributed by atoms with Crippen LogP contribution in [0, 0.1) is 13.8 Å². The standard InChI is InChI=1S/C20H22F3N3O3/c1-5-26(19(29)18-11(2)17(13(4)27)12(3)24-18)10-16(28)25-15-9-7-6-8-14(15)20(21,22)23/h6-9,24H,5,10H2,1-4H3,(H,25,28). The van der Waals surface area contributed by atoms with Gasteiger partial charge in [-0.25, -0.2) is 0 Å². The van der Waals surface area contributed by atoms with Crippen LogP contribution in [0.15, 0.2) is 24.3 Å². The Morgan fingerprint density at radius 2 is 1.76 bits per heavy atom. The van der Waals surface area contributed by atoms with Crippen molar-refractivity contribution in [2.75, 3.05) is 18.4 Å². The number of nitrogens with zero attached hydrogens (tertiary/aromatic N) is 1. The second kappa shape index (κ2) is 8.50. The molecule has 2 amide bonds. The molecule has 29 heavy (non-hydrogen) atoms. The molecule has 1 aromatic carbocycles. The monoisotopic (exact) mass is 409 g/mol. The average Bonchev–Trinajstić information content (AvgIpc) is 2.93. The highest BCUT2D eigenvalue weighted by atomic mass is 19.4. The summed E-state index contributed by atoms with van der Waals surface area (Å²) in [5.41, 5.74) is 0.258. The van der Waals surface area contributed by atoms with Crippen molar-refractivity contribution in [2.24, 2.45) is 0 Å². The molecular weight excluding hydrogens is 387 g/mol. The fraction of sp³-hybridized carbons (Fsp3) is 0.350. The number of benzene rings is 1. The first-order valence-electron chi connectivity index (χ1n) is 8.92. The molecule has 2 aromatic rings. The Morgan fingerprint density at radius 1 is 1.14 bits per heavy atom. The number of aromatic nitrogens is 1. The molecule has 0 unspecified atom stereocenters. The number of ketones is 1. The van der Waals surface area contributed by atoms with Gasteiger partial charge >= 0.3 is 6.18 Å². The highest BCUT2D eigenvalue weighted by molar-refractivity contribution is 6.04. The maximum absolute atomic E-state index is 13.1. The Morgan fingerprint density at radius 3 is 2.28 bits per heavy atom. The van der Waals surface area contributed by atoms with E-state index in [9.17, 15) is 27.6 Å². The van der Waals surface area contributed by atoms with Gasteiger partial charge in [0.15, 0.2) is 5.78 Å². The van der Waals surface area contributed by atoms with Crippen LogP contribution in [0.1, 0.15) is 51.5 Å². The first-order chi connectivity index (χ1) is 13.5. The molecule has 1 aromatic heterocycles. The highest BCUT2D eigenvalue weighted by Crippen LogP contribution is 2.34. The molecule has 2 N–H and O–H groups in total. The van der Waals surface area contributed by atoms with Crippen molar-refractivity contribution < 1.29 is 27.6 Å². The fourth-order valence-electron chi connectivity index (χ4n) is 3.18. The Bertz CT molecular complexity index is 948. The third-order valence-electron chi connectivity index (χ3n) is 4.51. The number of para-hydroxylation sites is 1. The largest absolute Gasteiger partial charge is 0.418 e. The minimum Gasteiger partial charge on any atom is -0.354 e. The van der Waals surface area contributed by atoms with Gasteiger partial charge < -0.3 is 15.2 Å². The second-order valence-electron chi connectivity index (χ2n) is 6.59. The summed E-state index contributed by atoms with van der Waals surface area (Å²) < 4.78 is 39.2. The molecule has 2 rings (SSSR count). The van der Waals surface area contributed by atoms with E-state index in [0.717, 1.165) is 12.1 Å². The molecule has 0 aliphatic rings. The molecule has 0 atom stereocenters. The molecule has 0 aliphatic heterocycles. The molecular formula is C20H22F3N3O3. The van der Waals surface area contributed by atoms with Gasteiger partial charge in [0.25, 0.3) is 5.91 Å². The summed E-state index contributed by atoms with van der Waals surface area (Å²) in [5, 5.41) is 2.22. The normalized spacial score (nSPS) is 11.3. The van der Waals surface area contributed by atoms with E-state index in [1.165, 1.54) is 24.0 Å². The number of likely N-dealkylation sites (N-methyl/N-ethyl adjacent to an activating group) is 1. The first kappa shape index (κ1) is 22.2. The Kier molecular flexibility index (Phi) is 6.51. The van der Waals surface area contributed by atoms with Crippen LogP contribution in [0.25, 0.3) is 0 Å². The minimum atomic E-state index is -4.62. The summed E-state index contributed by atoms with van der Waals surface area (Å²) in [6.45, 7) is 6.04. The van der Waals surface area contributed by atoms with Gasteiger partial charge in [0, 0.05) is 17.8 Å². The number of alkyl halides is 3. The lowest BCUT2D eigenvalue weighted by Crippen LogP contribution is -2.38. The number of halogens is 3. The third kappa shape index (κ3) is 4.85. The van der Waals surface area contributed by atoms with Crippen LogP contribution < -0.4 is 5.32 Å². The topological polar surface area (TPSA) is 82.3 Å². The van der Waals surface area contributed by atoms with E-state index < -0.39 is 30.1 Å². The van der Waals surface area contributed by atoms with Crippen molar-refractivity contribution >= 4 is 23.3 Å². The minimum absolute atomic E-state index is 0.153. The molecule has 0 saturated carbocycles. The smallest absolute Gasteiger partial charge is 0.354 e. The molecule has 0 aliphatic carbocycles. The van der Waals surface area contributed by atoms with E-state index in [0.29, 0.717) is 16.8 Å². The zero-order valence-corrected chi connectivity index (χ0v) is 16.5. The molecule has 6 nitrogen and oxygen atoms in total. The Balaban J connectivity index is 2.21. The van der Waals surface area contributed by atoms with Crippen molar-refractivity contribution in [3.8, 4) is 0 Å². The van der Waals surface area contributed by atoms with E-state index in [2.05, 4.69) is 10.3 Å². The zero-order chi connectivity index (χ0) is 21.9. The Labute approximate surface area is 166 Å². The lowest BCUT2D eigenvalue weighted by Gasteiger charge is -2.21. The van der Waals surface area contributed by atoms with Crippen LogP contribution in [0.3, 0.4) is 0 Å². The van der Waals surface area contributed by atoms with Crippen LogP contribution in [0.2, 0.25) is 0 Å². The number of hydrogen-bond acceptors (Lipinski definition) is 3. The number of H-pyrrole nitrogens is 1. The number of amides is 2. The van der Waals surface area contributed by atoms with E-state index in [1.54, 1.807) is 20.8 Å². The number of nitrogens with one attached hydrogen (secondary N) is 2. The van der Waals surface area contributed by atoms with Crippen LogP contribution in [-0.4, -0.2) is 40.6 Å². The summed E-state index contributed by atoms with van der Waals surface area (Å²) in [7, 11) is 0. The van der Waals surface area contributed by atoms with Gasteiger partial charge in [-0.3, -0.25) is 14.4 Å². The van der Waals surface area contributed by atoms with Crippen molar-refractivity contribution in [1.29, 1.82) is 0 Å². The van der Waals surface area contributed by atoms with Crippen molar-refractivity contribution in [2.45, 2.75) is 33.9 Å². The predicted octanol–water partition coefficient (Wildman–Crippen LogP) is 3.95. The number of Topliss-reactive ketones (excluding diaryl/α,β-unsaturated/α-hetero) is 1. The third-order valence-corrected chi connectivity index (χ3v) is 4.51. The van der Waals surface area contributed by atoms with E-state index >= 15 is 0 Å². The molecule has 1 heterocycles. The first-order valence-corrected chi connectivity index (χ1v) is 8.92. The van der Waals surface area contributed by atoms with Crippen LogP contribution in [0.5, 0.6) is 0 Å². The fourth-order valence-corrected chi connectivity index (χ4v) is 3.18. The van der Waals surface area contributed by atoms with Crippen LogP contribution >= 0.6 is 0 Å². The summed E-state index contributed by atoms with van der Waals surface area (Å²) >= 11 is 0. The van der Waals surface area contributed by atoms with Gasteiger partial charge in [-0.05, 0) is 45.4 Å². The van der Waals surface area contributed by atoms with Gasteiger partial charge in [0.05, 0.1) is 11.3 Å². The predicted molar refractivity (Wildman–Crippen MR) is 102 cm³/mol. The lowest BCUT2D eigenvalue weighted by atomic mass is 10.1. The van der Waals surface area contributed by atoms with Gasteiger partial charge in [-0.15, -0.1) is 0 Å². The SMILES string of the molecule is CCN(CC(=O)Nc1ccccc1C(F)(F)F)C(=O)c1[nH]c(C)c(C(C)=O)c1C. The number of carbonyl (C=O) groups excluding carboxylic acids is 3. The highest BCUT2D eigenvalue weighted by Gasteiger charge is 2.33. The van der Waals surface area contributed by atoms with Crippen molar-refractivity contribution in [1.82, 2.24) is 9.88 Å². The number of aryl methyl sites for hydroxylation is 1. The van der Waals surface area contributed by atoms with Gasteiger partial charge in [0.2, 0.25) is 5.91 Å². The van der Waals surface area contributed by atoms with Gasteiger partial charge in [0.1, 0.15) is 12.2 Å². The van der Waals surface area contributed by atoms with Crippen molar-refractivity contribution in [3.05, 3.63) is 52.3 Å². The summed E-state index contributed by atoms with van der Waals surface area (Å²) in [4.78, 5) is 41.0. The lowest BCUT2D eigenvalue weighted by molar-refractivity contribution is -0.137. The number of aromatic amines is 1. The number of rotatable bonds is 6. The average molecular weight is 409 g/mol. The molecule has 9 heteroatoms. The molecule has 0 spiro atoms. The maximum atomic E-state index is 13.1.